The highest BCUT2D eigenvalue weighted by Gasteiger charge is 2.11. The molecular formula is C13H18ClNO6. The summed E-state index contributed by atoms with van der Waals surface area (Å²) < 4.78 is 20.6. The molecule has 1 rings (SSSR count). The Labute approximate surface area is 127 Å². The molecule has 0 spiro atoms. The maximum Gasteiger partial charge on any atom is 0.356 e. The molecule has 1 aromatic rings. The average Bonchev–Trinajstić information content (AvgIpc) is 2.47. The van der Waals surface area contributed by atoms with Crippen molar-refractivity contribution >= 4 is 17.6 Å². The lowest BCUT2D eigenvalue weighted by Gasteiger charge is -2.08. The number of rotatable bonds is 11. The minimum absolute atomic E-state index is 0.0688. The van der Waals surface area contributed by atoms with E-state index in [2.05, 4.69) is 4.98 Å². The van der Waals surface area contributed by atoms with Crippen LogP contribution < -0.4 is 4.74 Å². The first kappa shape index (κ1) is 17.6. The minimum Gasteiger partial charge on any atom is -0.476 e. The van der Waals surface area contributed by atoms with Gasteiger partial charge in [-0.05, 0) is 6.07 Å². The van der Waals surface area contributed by atoms with E-state index in [-0.39, 0.29) is 23.2 Å². The summed E-state index contributed by atoms with van der Waals surface area (Å²) in [7, 11) is 1.61. The number of aromatic carboxylic acids is 1. The van der Waals surface area contributed by atoms with Crippen molar-refractivity contribution in [3.63, 3.8) is 0 Å². The third kappa shape index (κ3) is 7.24. The number of methoxy groups -OCH3 is 1. The topological polar surface area (TPSA) is 87.1 Å². The fourth-order valence-corrected chi connectivity index (χ4v) is 1.51. The van der Waals surface area contributed by atoms with E-state index in [1.165, 1.54) is 12.1 Å². The number of nitrogens with zero attached hydrogens (tertiary/aromatic N) is 1. The van der Waals surface area contributed by atoms with E-state index in [4.69, 9.17) is 35.7 Å². The van der Waals surface area contributed by atoms with Crippen molar-refractivity contribution in [2.24, 2.45) is 0 Å². The molecule has 0 saturated heterocycles. The van der Waals surface area contributed by atoms with Gasteiger partial charge in [0.1, 0.15) is 6.61 Å². The Morgan fingerprint density at radius 3 is 2.38 bits per heavy atom. The van der Waals surface area contributed by atoms with Gasteiger partial charge >= 0.3 is 5.97 Å². The molecule has 0 saturated carbocycles. The Bertz CT molecular complexity index is 443. The third-order valence-electron chi connectivity index (χ3n) is 2.30. The maximum atomic E-state index is 10.8. The predicted octanol–water partition coefficient (Wildman–Crippen LogP) is 1.49. The van der Waals surface area contributed by atoms with Gasteiger partial charge in [-0.1, -0.05) is 11.6 Å². The second kappa shape index (κ2) is 10.3. The summed E-state index contributed by atoms with van der Waals surface area (Å²) >= 11 is 5.70. The smallest absolute Gasteiger partial charge is 0.356 e. The van der Waals surface area contributed by atoms with Gasteiger partial charge in [-0.25, -0.2) is 9.78 Å². The van der Waals surface area contributed by atoms with Gasteiger partial charge in [0, 0.05) is 13.2 Å². The van der Waals surface area contributed by atoms with Gasteiger partial charge in [-0.2, -0.15) is 0 Å². The summed E-state index contributed by atoms with van der Waals surface area (Å²) in [5.74, 6) is -1.01. The van der Waals surface area contributed by atoms with Crippen LogP contribution in [0.4, 0.5) is 0 Å². The molecule has 0 unspecified atom stereocenters. The molecule has 0 amide bonds. The number of aromatic nitrogens is 1. The number of carbonyl (C=O) groups is 1. The largest absolute Gasteiger partial charge is 0.476 e. The number of hydrogen-bond donors (Lipinski definition) is 1. The third-order valence-corrected chi connectivity index (χ3v) is 2.61. The highest BCUT2D eigenvalue weighted by molar-refractivity contribution is 6.33. The summed E-state index contributed by atoms with van der Waals surface area (Å²) in [6, 6.07) is 2.93. The predicted molar refractivity (Wildman–Crippen MR) is 75.2 cm³/mol. The van der Waals surface area contributed by atoms with Crippen molar-refractivity contribution in [2.45, 2.75) is 0 Å². The fourth-order valence-electron chi connectivity index (χ4n) is 1.32. The van der Waals surface area contributed by atoms with E-state index in [0.717, 1.165) is 0 Å². The van der Waals surface area contributed by atoms with Gasteiger partial charge in [0.25, 0.3) is 0 Å². The van der Waals surface area contributed by atoms with Crippen LogP contribution in [0.2, 0.25) is 5.02 Å². The molecule has 0 aliphatic carbocycles. The summed E-state index contributed by atoms with van der Waals surface area (Å²) in [5.41, 5.74) is -0.235. The molecule has 0 aliphatic rings. The quantitative estimate of drug-likeness (QED) is 0.618. The van der Waals surface area contributed by atoms with Gasteiger partial charge in [-0.3, -0.25) is 0 Å². The molecule has 1 aromatic heterocycles. The zero-order valence-electron chi connectivity index (χ0n) is 11.7. The van der Waals surface area contributed by atoms with Crippen molar-refractivity contribution in [2.75, 3.05) is 46.8 Å². The Hall–Kier alpha value is -1.41. The molecule has 8 heteroatoms. The number of pyridine rings is 1. The molecule has 1 N–H and O–H groups in total. The van der Waals surface area contributed by atoms with Crippen molar-refractivity contribution in [3.8, 4) is 5.88 Å². The summed E-state index contributed by atoms with van der Waals surface area (Å²) in [6.07, 6.45) is 0. The van der Waals surface area contributed by atoms with Gasteiger partial charge in [0.15, 0.2) is 5.69 Å². The van der Waals surface area contributed by atoms with Crippen molar-refractivity contribution < 1.29 is 28.8 Å². The molecule has 0 atom stereocenters. The first-order valence-corrected chi connectivity index (χ1v) is 6.70. The maximum absolute atomic E-state index is 10.8. The summed E-state index contributed by atoms with van der Waals surface area (Å²) in [6.45, 7) is 2.61. The van der Waals surface area contributed by atoms with Crippen LogP contribution in [0.3, 0.4) is 0 Å². The second-order valence-electron chi connectivity index (χ2n) is 3.85. The lowest BCUT2D eigenvalue weighted by Crippen LogP contribution is -2.13. The molecule has 0 radical (unpaired) electrons. The Morgan fingerprint density at radius 2 is 1.76 bits per heavy atom. The van der Waals surface area contributed by atoms with E-state index < -0.39 is 5.97 Å². The highest BCUT2D eigenvalue weighted by Crippen LogP contribution is 2.17. The number of hydrogen-bond acceptors (Lipinski definition) is 6. The van der Waals surface area contributed by atoms with E-state index in [9.17, 15) is 4.79 Å². The molecule has 21 heavy (non-hydrogen) atoms. The standard InChI is InChI=1S/C13H18ClNO6/c1-18-4-5-19-6-7-20-8-9-21-11-3-2-10(14)12(15-11)13(16)17/h2-3H,4-9H2,1H3,(H,16,17). The van der Waals surface area contributed by atoms with Crippen molar-refractivity contribution in [1.82, 2.24) is 4.98 Å². The van der Waals surface area contributed by atoms with Crippen LogP contribution in [-0.2, 0) is 14.2 Å². The monoisotopic (exact) mass is 319 g/mol. The normalized spacial score (nSPS) is 10.6. The van der Waals surface area contributed by atoms with E-state index >= 15 is 0 Å². The second-order valence-corrected chi connectivity index (χ2v) is 4.26. The number of carboxylic acid groups (broad SMARTS) is 1. The van der Waals surface area contributed by atoms with Gasteiger partial charge in [-0.15, -0.1) is 0 Å². The number of halogens is 1. The van der Waals surface area contributed by atoms with E-state index in [1.807, 2.05) is 0 Å². The number of carboxylic acids is 1. The van der Waals surface area contributed by atoms with Crippen molar-refractivity contribution in [3.05, 3.63) is 22.8 Å². The van der Waals surface area contributed by atoms with Gasteiger partial charge < -0.3 is 24.1 Å². The van der Waals surface area contributed by atoms with Crippen LogP contribution in [0.25, 0.3) is 0 Å². The number of ether oxygens (including phenoxy) is 4. The minimum atomic E-state index is -1.20. The molecule has 118 valence electrons. The SMILES string of the molecule is COCCOCCOCCOc1ccc(Cl)c(C(=O)O)n1. The van der Waals surface area contributed by atoms with Crippen LogP contribution in [0.15, 0.2) is 12.1 Å². The van der Waals surface area contributed by atoms with E-state index in [0.29, 0.717) is 33.0 Å². The lowest BCUT2D eigenvalue weighted by molar-refractivity contribution is 0.0176. The molecule has 0 aliphatic heterocycles. The zero-order valence-corrected chi connectivity index (χ0v) is 12.5. The first-order valence-electron chi connectivity index (χ1n) is 6.32. The molecule has 0 bridgehead atoms. The van der Waals surface area contributed by atoms with Crippen LogP contribution in [0.5, 0.6) is 5.88 Å². The first-order chi connectivity index (χ1) is 10.1. The Kier molecular flexibility index (Phi) is 8.68. The summed E-state index contributed by atoms with van der Waals surface area (Å²) in [5, 5.41) is 8.94. The van der Waals surface area contributed by atoms with Crippen LogP contribution in [0, 0.1) is 0 Å². The molecule has 1 heterocycles. The zero-order chi connectivity index (χ0) is 15.5. The molecular weight excluding hydrogens is 302 g/mol. The lowest BCUT2D eigenvalue weighted by atomic mass is 10.3. The Morgan fingerprint density at radius 1 is 1.14 bits per heavy atom. The summed E-state index contributed by atoms with van der Waals surface area (Å²) in [4.78, 5) is 14.6. The Balaban J connectivity index is 2.16. The van der Waals surface area contributed by atoms with Crippen LogP contribution >= 0.6 is 11.6 Å². The van der Waals surface area contributed by atoms with Gasteiger partial charge in [0.05, 0.1) is 38.1 Å². The molecule has 7 nitrogen and oxygen atoms in total. The fraction of sp³-hybridized carbons (Fsp3) is 0.538. The highest BCUT2D eigenvalue weighted by atomic mass is 35.5. The van der Waals surface area contributed by atoms with Crippen LogP contribution in [-0.4, -0.2) is 62.8 Å². The molecule has 0 fully saturated rings. The van der Waals surface area contributed by atoms with E-state index in [1.54, 1.807) is 7.11 Å². The van der Waals surface area contributed by atoms with Crippen LogP contribution in [0.1, 0.15) is 10.5 Å². The van der Waals surface area contributed by atoms with Crippen molar-refractivity contribution in [1.29, 1.82) is 0 Å². The average molecular weight is 320 g/mol. The van der Waals surface area contributed by atoms with Gasteiger partial charge in [0.2, 0.25) is 5.88 Å². The molecule has 0 aromatic carbocycles.